The molecule has 0 aliphatic heterocycles. The Hall–Kier alpha value is -2.66. The van der Waals surface area contributed by atoms with Gasteiger partial charge in [-0.1, -0.05) is 30.3 Å². The molecule has 108 valence electrons. The molecule has 0 spiro atoms. The second-order valence-electron chi connectivity index (χ2n) is 4.39. The lowest BCUT2D eigenvalue weighted by molar-refractivity contribution is 0.0846. The van der Waals surface area contributed by atoms with Crippen LogP contribution in [-0.4, -0.2) is 24.0 Å². The number of nitrogens with zero attached hydrogens (tertiary/aromatic N) is 1. The number of ether oxygens (including phenoxy) is 1. The SMILES string of the molecule is COc1ccccc1N(O)C(=O)c1ccccc1C(C)=O. The van der Waals surface area contributed by atoms with Crippen LogP contribution in [0.25, 0.3) is 0 Å². The molecule has 5 heteroatoms. The van der Waals surface area contributed by atoms with Gasteiger partial charge in [0.15, 0.2) is 5.78 Å². The predicted molar refractivity (Wildman–Crippen MR) is 78.0 cm³/mol. The molecule has 0 aliphatic carbocycles. The van der Waals surface area contributed by atoms with Gasteiger partial charge in [-0.05, 0) is 25.1 Å². The average Bonchev–Trinajstić information content (AvgIpc) is 2.53. The third-order valence-corrected chi connectivity index (χ3v) is 3.04. The molecule has 0 bridgehead atoms. The zero-order chi connectivity index (χ0) is 15.4. The Morgan fingerprint density at radius 2 is 1.57 bits per heavy atom. The fourth-order valence-electron chi connectivity index (χ4n) is 2.00. The maximum atomic E-state index is 12.4. The van der Waals surface area contributed by atoms with Crippen LogP contribution in [0, 0.1) is 0 Å². The van der Waals surface area contributed by atoms with Crippen molar-refractivity contribution in [3.05, 3.63) is 59.7 Å². The molecular weight excluding hydrogens is 270 g/mol. The topological polar surface area (TPSA) is 66.8 Å². The third-order valence-electron chi connectivity index (χ3n) is 3.04. The van der Waals surface area contributed by atoms with Crippen molar-refractivity contribution in [3.8, 4) is 5.75 Å². The van der Waals surface area contributed by atoms with Crippen LogP contribution < -0.4 is 9.80 Å². The van der Waals surface area contributed by atoms with Crippen LogP contribution in [0.3, 0.4) is 0 Å². The van der Waals surface area contributed by atoms with Gasteiger partial charge in [-0.25, -0.2) is 0 Å². The van der Waals surface area contributed by atoms with E-state index in [4.69, 9.17) is 4.74 Å². The Bertz CT molecular complexity index is 681. The molecule has 0 aromatic heterocycles. The summed E-state index contributed by atoms with van der Waals surface area (Å²) in [6.45, 7) is 1.37. The van der Waals surface area contributed by atoms with Crippen LogP contribution in [0.4, 0.5) is 5.69 Å². The van der Waals surface area contributed by atoms with Gasteiger partial charge in [0.1, 0.15) is 11.4 Å². The lowest BCUT2D eigenvalue weighted by Gasteiger charge is -2.18. The van der Waals surface area contributed by atoms with Gasteiger partial charge in [-0.2, -0.15) is 5.06 Å². The molecule has 0 radical (unpaired) electrons. The van der Waals surface area contributed by atoms with Gasteiger partial charge < -0.3 is 4.74 Å². The van der Waals surface area contributed by atoms with Gasteiger partial charge in [-0.15, -0.1) is 0 Å². The maximum absolute atomic E-state index is 12.4. The Morgan fingerprint density at radius 1 is 1.00 bits per heavy atom. The standard InChI is InChI=1S/C16H15NO4/c1-11(18)12-7-3-4-8-13(12)16(19)17(20)14-9-5-6-10-15(14)21-2/h3-10,20H,1-2H3. The summed E-state index contributed by atoms with van der Waals surface area (Å²) in [6.07, 6.45) is 0. The number of benzene rings is 2. The quantitative estimate of drug-likeness (QED) is 0.533. The van der Waals surface area contributed by atoms with E-state index in [0.29, 0.717) is 10.8 Å². The van der Waals surface area contributed by atoms with Crippen LogP contribution in [0.2, 0.25) is 0 Å². The molecule has 0 fully saturated rings. The minimum atomic E-state index is -0.690. The van der Waals surface area contributed by atoms with Crippen LogP contribution in [0.15, 0.2) is 48.5 Å². The summed E-state index contributed by atoms with van der Waals surface area (Å²) in [5.41, 5.74) is 0.609. The van der Waals surface area contributed by atoms with E-state index in [1.807, 2.05) is 0 Å². The molecule has 0 heterocycles. The largest absolute Gasteiger partial charge is 0.494 e. The molecule has 1 N–H and O–H groups in total. The summed E-state index contributed by atoms with van der Waals surface area (Å²) >= 11 is 0. The first-order valence-corrected chi connectivity index (χ1v) is 6.32. The van der Waals surface area contributed by atoms with Crippen molar-refractivity contribution in [2.24, 2.45) is 0 Å². The number of methoxy groups -OCH3 is 1. The van der Waals surface area contributed by atoms with E-state index in [1.54, 1.807) is 42.5 Å². The van der Waals surface area contributed by atoms with Gasteiger partial charge in [0.2, 0.25) is 0 Å². The van der Waals surface area contributed by atoms with Crippen LogP contribution in [0.5, 0.6) is 5.75 Å². The Labute approximate surface area is 122 Å². The molecule has 5 nitrogen and oxygen atoms in total. The number of hydroxylamine groups is 1. The van der Waals surface area contributed by atoms with Gasteiger partial charge in [-0.3, -0.25) is 14.8 Å². The van der Waals surface area contributed by atoms with Gasteiger partial charge >= 0.3 is 0 Å². The maximum Gasteiger partial charge on any atom is 0.282 e. The van der Waals surface area contributed by atoms with Crippen molar-refractivity contribution in [2.75, 3.05) is 12.2 Å². The smallest absolute Gasteiger partial charge is 0.282 e. The first-order valence-electron chi connectivity index (χ1n) is 6.32. The summed E-state index contributed by atoms with van der Waals surface area (Å²) in [5.74, 6) is -0.577. The van der Waals surface area contributed by atoms with Gasteiger partial charge in [0, 0.05) is 5.56 Å². The number of carbonyl (C=O) groups is 2. The number of para-hydroxylation sites is 2. The number of anilines is 1. The fraction of sp³-hybridized carbons (Fsp3) is 0.125. The van der Waals surface area contributed by atoms with E-state index in [0.717, 1.165) is 0 Å². The van der Waals surface area contributed by atoms with Gasteiger partial charge in [0.05, 0.1) is 12.7 Å². The van der Waals surface area contributed by atoms with Crippen molar-refractivity contribution in [1.29, 1.82) is 0 Å². The molecule has 0 saturated carbocycles. The Morgan fingerprint density at radius 3 is 2.19 bits per heavy atom. The molecule has 0 aliphatic rings. The molecular formula is C16H15NO4. The lowest BCUT2D eigenvalue weighted by Crippen LogP contribution is -2.28. The van der Waals surface area contributed by atoms with E-state index in [1.165, 1.54) is 20.1 Å². The van der Waals surface area contributed by atoms with Crippen molar-refractivity contribution in [3.63, 3.8) is 0 Å². The number of hydrogen-bond donors (Lipinski definition) is 1. The van der Waals surface area contributed by atoms with Crippen molar-refractivity contribution >= 4 is 17.4 Å². The van der Waals surface area contributed by atoms with Gasteiger partial charge in [0.25, 0.3) is 5.91 Å². The van der Waals surface area contributed by atoms with Crippen LogP contribution >= 0.6 is 0 Å². The summed E-state index contributed by atoms with van der Waals surface area (Å²) in [4.78, 5) is 24.0. The Kier molecular flexibility index (Phi) is 4.35. The first-order chi connectivity index (χ1) is 10.1. The molecule has 2 rings (SSSR count). The summed E-state index contributed by atoms with van der Waals surface area (Å²) < 4.78 is 5.11. The van der Waals surface area contributed by atoms with E-state index in [-0.39, 0.29) is 22.6 Å². The van der Waals surface area contributed by atoms with Crippen molar-refractivity contribution < 1.29 is 19.5 Å². The number of hydrogen-bond acceptors (Lipinski definition) is 4. The third kappa shape index (κ3) is 2.93. The average molecular weight is 285 g/mol. The number of Topliss-reactive ketones (excluding diaryl/α,β-unsaturated/α-hetero) is 1. The van der Waals surface area contributed by atoms with Crippen molar-refractivity contribution in [1.82, 2.24) is 0 Å². The minimum Gasteiger partial charge on any atom is -0.494 e. The van der Waals surface area contributed by atoms with E-state index < -0.39 is 5.91 Å². The normalized spacial score (nSPS) is 10.0. The van der Waals surface area contributed by atoms with Crippen LogP contribution in [-0.2, 0) is 0 Å². The number of amides is 1. The highest BCUT2D eigenvalue weighted by atomic mass is 16.5. The highest BCUT2D eigenvalue weighted by molar-refractivity contribution is 6.12. The Balaban J connectivity index is 2.43. The van der Waals surface area contributed by atoms with E-state index in [2.05, 4.69) is 0 Å². The summed E-state index contributed by atoms with van der Waals surface area (Å²) in [5, 5.41) is 10.6. The number of carbonyl (C=O) groups excluding carboxylic acids is 2. The molecule has 21 heavy (non-hydrogen) atoms. The van der Waals surface area contributed by atoms with E-state index >= 15 is 0 Å². The van der Waals surface area contributed by atoms with E-state index in [9.17, 15) is 14.8 Å². The highest BCUT2D eigenvalue weighted by Gasteiger charge is 2.22. The zero-order valence-corrected chi connectivity index (χ0v) is 11.7. The number of ketones is 1. The molecule has 0 unspecified atom stereocenters. The first kappa shape index (κ1) is 14.7. The second-order valence-corrected chi connectivity index (χ2v) is 4.39. The summed E-state index contributed by atoms with van der Waals surface area (Å²) in [7, 11) is 1.45. The predicted octanol–water partition coefficient (Wildman–Crippen LogP) is 2.93. The summed E-state index contributed by atoms with van der Waals surface area (Å²) in [6, 6.07) is 12.9. The minimum absolute atomic E-state index is 0.137. The molecule has 0 atom stereocenters. The molecule has 0 saturated heterocycles. The highest BCUT2D eigenvalue weighted by Crippen LogP contribution is 2.28. The zero-order valence-electron chi connectivity index (χ0n) is 11.7. The second kappa shape index (κ2) is 6.19. The number of rotatable bonds is 4. The monoisotopic (exact) mass is 285 g/mol. The van der Waals surface area contributed by atoms with Crippen LogP contribution in [0.1, 0.15) is 27.6 Å². The molecule has 2 aromatic rings. The molecule has 1 amide bonds. The lowest BCUT2D eigenvalue weighted by atomic mass is 10.0. The van der Waals surface area contributed by atoms with Crippen molar-refractivity contribution in [2.45, 2.75) is 6.92 Å². The fourth-order valence-corrected chi connectivity index (χ4v) is 2.00. The molecule has 2 aromatic carbocycles.